The summed E-state index contributed by atoms with van der Waals surface area (Å²) in [5.74, 6) is -0.520. The van der Waals surface area contributed by atoms with Crippen molar-refractivity contribution >= 4 is 11.6 Å². The fraction of sp³-hybridized carbons (Fsp3) is 0.571. The van der Waals surface area contributed by atoms with Crippen molar-refractivity contribution in [2.45, 2.75) is 43.9 Å². The highest BCUT2D eigenvalue weighted by atomic mass is 35.5. The summed E-state index contributed by atoms with van der Waals surface area (Å²) in [6, 6.07) is 3.77. The molecule has 1 aliphatic rings. The summed E-state index contributed by atoms with van der Waals surface area (Å²) in [6.45, 7) is 0. The van der Waals surface area contributed by atoms with Crippen LogP contribution in [0.1, 0.15) is 37.7 Å². The second-order valence-electron chi connectivity index (χ2n) is 4.97. The first-order chi connectivity index (χ1) is 8.13. The van der Waals surface area contributed by atoms with E-state index in [2.05, 4.69) is 0 Å². The Kier molecular flexibility index (Phi) is 4.38. The Balaban J connectivity index is 2.03. The van der Waals surface area contributed by atoms with Gasteiger partial charge < -0.3 is 0 Å². The molecule has 0 bridgehead atoms. The first-order valence-electron chi connectivity index (χ1n) is 6.22. The van der Waals surface area contributed by atoms with Crippen molar-refractivity contribution in [1.29, 1.82) is 0 Å². The van der Waals surface area contributed by atoms with Crippen LogP contribution in [-0.2, 0) is 6.42 Å². The SMILES string of the molecule is Fc1cc(F)cc(CC2CCCCC(Cl)C2)c1. The van der Waals surface area contributed by atoms with Crippen LogP contribution in [0.25, 0.3) is 0 Å². The lowest BCUT2D eigenvalue weighted by Gasteiger charge is -2.16. The molecular weight excluding hydrogens is 242 g/mol. The van der Waals surface area contributed by atoms with E-state index in [1.165, 1.54) is 25.0 Å². The van der Waals surface area contributed by atoms with Crippen LogP contribution in [0, 0.1) is 17.6 Å². The average molecular weight is 259 g/mol. The minimum absolute atomic E-state index is 0.223. The van der Waals surface area contributed by atoms with Gasteiger partial charge >= 0.3 is 0 Å². The lowest BCUT2D eigenvalue weighted by molar-refractivity contribution is 0.457. The van der Waals surface area contributed by atoms with E-state index in [9.17, 15) is 8.78 Å². The maximum Gasteiger partial charge on any atom is 0.126 e. The summed E-state index contributed by atoms with van der Waals surface area (Å²) in [6.07, 6.45) is 6.21. The first kappa shape index (κ1) is 12.8. The molecule has 2 rings (SSSR count). The number of hydrogen-bond acceptors (Lipinski definition) is 0. The normalized spacial score (nSPS) is 25.6. The van der Waals surface area contributed by atoms with Crippen molar-refractivity contribution in [2.24, 2.45) is 5.92 Å². The summed E-state index contributed by atoms with van der Waals surface area (Å²) < 4.78 is 26.1. The van der Waals surface area contributed by atoms with Crippen LogP contribution >= 0.6 is 11.6 Å². The van der Waals surface area contributed by atoms with Gasteiger partial charge in [-0.2, -0.15) is 0 Å². The molecule has 17 heavy (non-hydrogen) atoms. The predicted octanol–water partition coefficient (Wildman–Crippen LogP) is 4.70. The molecule has 1 saturated carbocycles. The molecule has 0 N–H and O–H groups in total. The van der Waals surface area contributed by atoms with Crippen LogP contribution in [0.5, 0.6) is 0 Å². The molecule has 1 aromatic rings. The second kappa shape index (κ2) is 5.81. The van der Waals surface area contributed by atoms with Crippen LogP contribution in [0.4, 0.5) is 8.78 Å². The van der Waals surface area contributed by atoms with E-state index in [1.54, 1.807) is 0 Å². The third-order valence-corrected chi connectivity index (χ3v) is 3.81. The van der Waals surface area contributed by atoms with E-state index >= 15 is 0 Å². The van der Waals surface area contributed by atoms with E-state index in [-0.39, 0.29) is 5.38 Å². The van der Waals surface area contributed by atoms with Crippen LogP contribution in [-0.4, -0.2) is 5.38 Å². The van der Waals surface area contributed by atoms with Gasteiger partial charge in [-0.3, -0.25) is 0 Å². The van der Waals surface area contributed by atoms with Crippen LogP contribution in [0.3, 0.4) is 0 Å². The van der Waals surface area contributed by atoms with Crippen molar-refractivity contribution in [3.8, 4) is 0 Å². The second-order valence-corrected chi connectivity index (χ2v) is 5.58. The van der Waals surface area contributed by atoms with Gasteiger partial charge in [0.25, 0.3) is 0 Å². The minimum Gasteiger partial charge on any atom is -0.207 e. The summed E-state index contributed by atoms with van der Waals surface area (Å²) in [5.41, 5.74) is 0.748. The van der Waals surface area contributed by atoms with Gasteiger partial charge in [-0.1, -0.05) is 19.3 Å². The fourth-order valence-corrected chi connectivity index (χ4v) is 3.05. The molecule has 0 nitrogen and oxygen atoms in total. The topological polar surface area (TPSA) is 0 Å². The molecule has 2 atom stereocenters. The zero-order chi connectivity index (χ0) is 12.3. The number of hydrogen-bond donors (Lipinski definition) is 0. The highest BCUT2D eigenvalue weighted by Crippen LogP contribution is 2.29. The zero-order valence-electron chi connectivity index (χ0n) is 9.76. The number of rotatable bonds is 2. The van der Waals surface area contributed by atoms with Crippen LogP contribution in [0.2, 0.25) is 0 Å². The first-order valence-corrected chi connectivity index (χ1v) is 6.66. The van der Waals surface area contributed by atoms with Gasteiger partial charge in [0.15, 0.2) is 0 Å². The molecule has 2 unspecified atom stereocenters. The van der Waals surface area contributed by atoms with E-state index < -0.39 is 11.6 Å². The fourth-order valence-electron chi connectivity index (χ4n) is 2.64. The molecule has 0 amide bonds. The molecule has 1 aliphatic carbocycles. The van der Waals surface area contributed by atoms with Crippen molar-refractivity contribution in [2.75, 3.05) is 0 Å². The average Bonchev–Trinajstić information content (AvgIpc) is 2.41. The monoisotopic (exact) mass is 258 g/mol. The zero-order valence-corrected chi connectivity index (χ0v) is 10.5. The highest BCUT2D eigenvalue weighted by Gasteiger charge is 2.19. The Hall–Kier alpha value is -0.630. The quantitative estimate of drug-likeness (QED) is 0.533. The number of benzene rings is 1. The van der Waals surface area contributed by atoms with Crippen LogP contribution in [0.15, 0.2) is 18.2 Å². The van der Waals surface area contributed by atoms with Gasteiger partial charge in [0.1, 0.15) is 11.6 Å². The van der Waals surface area contributed by atoms with Gasteiger partial charge in [0, 0.05) is 11.4 Å². The van der Waals surface area contributed by atoms with Gasteiger partial charge in [0.2, 0.25) is 0 Å². The summed E-state index contributed by atoms with van der Waals surface area (Å²) in [4.78, 5) is 0. The number of alkyl halides is 1. The largest absolute Gasteiger partial charge is 0.207 e. The lowest BCUT2D eigenvalue weighted by atomic mass is 9.92. The van der Waals surface area contributed by atoms with Crippen molar-refractivity contribution < 1.29 is 8.78 Å². The molecule has 94 valence electrons. The predicted molar refractivity (Wildman–Crippen MR) is 66.3 cm³/mol. The molecule has 0 spiro atoms. The Morgan fingerprint density at radius 1 is 1.06 bits per heavy atom. The molecule has 3 heteroatoms. The summed E-state index contributed by atoms with van der Waals surface area (Å²) in [5, 5.41) is 0.223. The molecule has 0 aliphatic heterocycles. The Labute approximate surface area is 106 Å². The van der Waals surface area contributed by atoms with Crippen molar-refractivity contribution in [3.63, 3.8) is 0 Å². The molecule has 1 aromatic carbocycles. The van der Waals surface area contributed by atoms with Crippen molar-refractivity contribution in [1.82, 2.24) is 0 Å². The van der Waals surface area contributed by atoms with Gasteiger partial charge in [-0.05, 0) is 42.9 Å². The smallest absolute Gasteiger partial charge is 0.126 e. The Morgan fingerprint density at radius 3 is 2.41 bits per heavy atom. The van der Waals surface area contributed by atoms with Gasteiger partial charge in [-0.25, -0.2) is 8.78 Å². The standard InChI is InChI=1S/C14H17ClF2/c15-12-4-2-1-3-10(6-12)5-11-7-13(16)9-14(17)8-11/h7-10,12H,1-6H2. The third kappa shape index (κ3) is 3.95. The summed E-state index contributed by atoms with van der Waals surface area (Å²) >= 11 is 6.20. The maximum atomic E-state index is 13.1. The highest BCUT2D eigenvalue weighted by molar-refractivity contribution is 6.20. The number of halogens is 3. The van der Waals surface area contributed by atoms with E-state index in [1.807, 2.05) is 0 Å². The molecular formula is C14H17ClF2. The minimum atomic E-state index is -0.490. The van der Waals surface area contributed by atoms with E-state index in [0.29, 0.717) is 5.92 Å². The molecule has 0 saturated heterocycles. The Morgan fingerprint density at radius 2 is 1.71 bits per heavy atom. The van der Waals surface area contributed by atoms with E-state index in [4.69, 9.17) is 11.6 Å². The Bertz CT molecular complexity index is 358. The van der Waals surface area contributed by atoms with E-state index in [0.717, 1.165) is 37.3 Å². The van der Waals surface area contributed by atoms with Gasteiger partial charge in [-0.15, -0.1) is 11.6 Å². The molecule has 0 aromatic heterocycles. The van der Waals surface area contributed by atoms with Gasteiger partial charge in [0.05, 0.1) is 0 Å². The molecule has 0 radical (unpaired) electrons. The third-order valence-electron chi connectivity index (χ3n) is 3.42. The molecule has 1 fully saturated rings. The van der Waals surface area contributed by atoms with Crippen LogP contribution < -0.4 is 0 Å². The summed E-state index contributed by atoms with van der Waals surface area (Å²) in [7, 11) is 0. The molecule has 0 heterocycles. The maximum absolute atomic E-state index is 13.1. The lowest BCUT2D eigenvalue weighted by Crippen LogP contribution is -2.09. The van der Waals surface area contributed by atoms with Crippen molar-refractivity contribution in [3.05, 3.63) is 35.4 Å².